The van der Waals surface area contributed by atoms with Crippen molar-refractivity contribution in [1.29, 1.82) is 0 Å². The molecular weight excluding hydrogens is 228 g/mol. The van der Waals surface area contributed by atoms with Gasteiger partial charge in [-0.05, 0) is 50.8 Å². The van der Waals surface area contributed by atoms with Crippen LogP contribution in [0.25, 0.3) is 0 Å². The van der Waals surface area contributed by atoms with Crippen LogP contribution in [0.4, 0.5) is 0 Å². The highest BCUT2D eigenvalue weighted by molar-refractivity contribution is 5.44. The Hall–Kier alpha value is -1.06. The molecule has 0 spiro atoms. The lowest BCUT2D eigenvalue weighted by molar-refractivity contribution is -0.0307. The molecule has 1 aliphatic heterocycles. The summed E-state index contributed by atoms with van der Waals surface area (Å²) in [6, 6.07) is 4.03. The van der Waals surface area contributed by atoms with Crippen LogP contribution in [0.5, 0.6) is 5.75 Å². The van der Waals surface area contributed by atoms with Crippen molar-refractivity contribution >= 4 is 0 Å². The summed E-state index contributed by atoms with van der Waals surface area (Å²) in [6.45, 7) is 6.08. The third-order valence-corrected chi connectivity index (χ3v) is 3.63. The number of aliphatic hydroxyl groups excluding tert-OH is 1. The van der Waals surface area contributed by atoms with Crippen LogP contribution in [0.1, 0.15) is 42.6 Å². The molecule has 0 radical (unpaired) electrons. The van der Waals surface area contributed by atoms with Crippen molar-refractivity contribution in [1.82, 2.24) is 0 Å². The van der Waals surface area contributed by atoms with E-state index in [2.05, 4.69) is 6.07 Å². The maximum absolute atomic E-state index is 10.5. The van der Waals surface area contributed by atoms with Gasteiger partial charge < -0.3 is 14.6 Å². The van der Waals surface area contributed by atoms with E-state index in [0.29, 0.717) is 0 Å². The van der Waals surface area contributed by atoms with Gasteiger partial charge >= 0.3 is 0 Å². The minimum Gasteiger partial charge on any atom is -0.496 e. The molecule has 1 fully saturated rings. The number of benzene rings is 1. The lowest BCUT2D eigenvalue weighted by Gasteiger charge is -2.23. The van der Waals surface area contributed by atoms with E-state index in [0.717, 1.165) is 35.3 Å². The summed E-state index contributed by atoms with van der Waals surface area (Å²) in [7, 11) is 1.64. The zero-order chi connectivity index (χ0) is 13.3. The zero-order valence-corrected chi connectivity index (χ0v) is 11.6. The second kappa shape index (κ2) is 5.29. The first-order chi connectivity index (χ1) is 8.52. The summed E-state index contributed by atoms with van der Waals surface area (Å²) < 4.78 is 11.2. The number of hydrogen-bond acceptors (Lipinski definition) is 3. The van der Waals surface area contributed by atoms with Crippen LogP contribution < -0.4 is 4.74 Å². The summed E-state index contributed by atoms with van der Waals surface area (Å²) in [6.07, 6.45) is 1.43. The number of rotatable bonds is 3. The third-order valence-electron chi connectivity index (χ3n) is 3.63. The van der Waals surface area contributed by atoms with Gasteiger partial charge in [-0.3, -0.25) is 0 Å². The van der Waals surface area contributed by atoms with E-state index < -0.39 is 6.10 Å². The fourth-order valence-electron chi connectivity index (χ4n) is 2.74. The fraction of sp³-hybridized carbons (Fsp3) is 0.600. The van der Waals surface area contributed by atoms with E-state index in [-0.39, 0.29) is 12.2 Å². The molecular formula is C15H22O3. The molecule has 0 bridgehead atoms. The van der Waals surface area contributed by atoms with Crippen LogP contribution in [-0.4, -0.2) is 24.4 Å². The minimum atomic E-state index is -0.606. The van der Waals surface area contributed by atoms with E-state index >= 15 is 0 Å². The number of aliphatic hydroxyl groups is 1. The van der Waals surface area contributed by atoms with Gasteiger partial charge in [-0.1, -0.05) is 6.07 Å². The highest BCUT2D eigenvalue weighted by Gasteiger charge is 2.31. The van der Waals surface area contributed by atoms with Gasteiger partial charge in [0.2, 0.25) is 0 Å². The third kappa shape index (κ3) is 2.52. The van der Waals surface area contributed by atoms with E-state index in [1.807, 2.05) is 26.8 Å². The molecule has 0 amide bonds. The molecule has 3 unspecified atom stereocenters. The van der Waals surface area contributed by atoms with Gasteiger partial charge in [-0.25, -0.2) is 0 Å². The average Bonchev–Trinajstić information content (AvgIpc) is 2.74. The van der Waals surface area contributed by atoms with Crippen molar-refractivity contribution in [2.24, 2.45) is 0 Å². The minimum absolute atomic E-state index is 0.115. The summed E-state index contributed by atoms with van der Waals surface area (Å²) >= 11 is 0. The standard InChI is InChI=1S/C15H22O3/c1-9-7-10(2)14(13(8-9)17-4)15(16)12-6-5-11(3)18-12/h7-8,11-12,15-16H,5-6H2,1-4H3. The van der Waals surface area contributed by atoms with Crippen LogP contribution in [-0.2, 0) is 4.74 Å². The first-order valence-electron chi connectivity index (χ1n) is 6.51. The Morgan fingerprint density at radius 2 is 2.06 bits per heavy atom. The zero-order valence-electron chi connectivity index (χ0n) is 11.6. The number of ether oxygens (including phenoxy) is 2. The van der Waals surface area contributed by atoms with Gasteiger partial charge in [0.1, 0.15) is 11.9 Å². The Bertz CT molecular complexity index is 428. The van der Waals surface area contributed by atoms with Crippen LogP contribution in [0.15, 0.2) is 12.1 Å². The molecule has 1 N–H and O–H groups in total. The monoisotopic (exact) mass is 250 g/mol. The smallest absolute Gasteiger partial charge is 0.125 e. The van der Waals surface area contributed by atoms with Crippen molar-refractivity contribution in [3.63, 3.8) is 0 Å². The highest BCUT2D eigenvalue weighted by atomic mass is 16.5. The largest absolute Gasteiger partial charge is 0.496 e. The molecule has 1 heterocycles. The van der Waals surface area contributed by atoms with Gasteiger partial charge in [0, 0.05) is 5.56 Å². The maximum Gasteiger partial charge on any atom is 0.125 e. The van der Waals surface area contributed by atoms with Gasteiger partial charge in [-0.2, -0.15) is 0 Å². The Kier molecular flexibility index (Phi) is 3.93. The number of hydrogen-bond donors (Lipinski definition) is 1. The molecule has 0 aliphatic carbocycles. The van der Waals surface area contributed by atoms with Crippen LogP contribution in [0, 0.1) is 13.8 Å². The fourth-order valence-corrected chi connectivity index (χ4v) is 2.74. The van der Waals surface area contributed by atoms with Crippen LogP contribution >= 0.6 is 0 Å². The number of aryl methyl sites for hydroxylation is 2. The second-order valence-corrected chi connectivity index (χ2v) is 5.21. The maximum atomic E-state index is 10.5. The predicted molar refractivity (Wildman–Crippen MR) is 71.0 cm³/mol. The molecule has 0 aromatic heterocycles. The SMILES string of the molecule is COc1cc(C)cc(C)c1C(O)C1CCC(C)O1. The lowest BCUT2D eigenvalue weighted by Crippen LogP contribution is -2.20. The van der Waals surface area contributed by atoms with Crippen LogP contribution in [0.3, 0.4) is 0 Å². The molecule has 3 heteroatoms. The van der Waals surface area contributed by atoms with E-state index in [4.69, 9.17) is 9.47 Å². The van der Waals surface area contributed by atoms with Crippen molar-refractivity contribution in [3.05, 3.63) is 28.8 Å². The van der Waals surface area contributed by atoms with E-state index in [1.165, 1.54) is 0 Å². The summed E-state index contributed by atoms with van der Waals surface area (Å²) in [4.78, 5) is 0. The van der Waals surface area contributed by atoms with E-state index in [1.54, 1.807) is 7.11 Å². The Labute approximate surface area is 109 Å². The summed E-state index contributed by atoms with van der Waals surface area (Å²) in [5.41, 5.74) is 3.06. The Morgan fingerprint density at radius 3 is 2.61 bits per heavy atom. The lowest BCUT2D eigenvalue weighted by atomic mass is 9.95. The van der Waals surface area contributed by atoms with E-state index in [9.17, 15) is 5.11 Å². The average molecular weight is 250 g/mol. The van der Waals surface area contributed by atoms with Gasteiger partial charge in [0.25, 0.3) is 0 Å². The molecule has 1 saturated heterocycles. The van der Waals surface area contributed by atoms with Crippen LogP contribution in [0.2, 0.25) is 0 Å². The normalized spacial score (nSPS) is 25.2. The quantitative estimate of drug-likeness (QED) is 0.896. The van der Waals surface area contributed by atoms with Gasteiger partial charge in [-0.15, -0.1) is 0 Å². The van der Waals surface area contributed by atoms with Crippen molar-refractivity contribution in [2.75, 3.05) is 7.11 Å². The molecule has 3 nitrogen and oxygen atoms in total. The molecule has 100 valence electrons. The number of methoxy groups -OCH3 is 1. The first-order valence-corrected chi connectivity index (χ1v) is 6.51. The second-order valence-electron chi connectivity index (χ2n) is 5.21. The summed E-state index contributed by atoms with van der Waals surface area (Å²) in [5, 5.41) is 10.5. The highest BCUT2D eigenvalue weighted by Crippen LogP contribution is 2.36. The topological polar surface area (TPSA) is 38.7 Å². The summed E-state index contributed by atoms with van der Waals surface area (Å²) in [5.74, 6) is 0.753. The predicted octanol–water partition coefficient (Wildman–Crippen LogP) is 2.91. The molecule has 2 rings (SSSR count). The van der Waals surface area contributed by atoms with Gasteiger partial charge in [0.05, 0.1) is 19.3 Å². The van der Waals surface area contributed by atoms with Gasteiger partial charge in [0.15, 0.2) is 0 Å². The van der Waals surface area contributed by atoms with Crippen molar-refractivity contribution in [2.45, 2.75) is 51.9 Å². The molecule has 1 aromatic rings. The van der Waals surface area contributed by atoms with Crippen molar-refractivity contribution < 1.29 is 14.6 Å². The molecule has 1 aliphatic rings. The van der Waals surface area contributed by atoms with Crippen molar-refractivity contribution in [3.8, 4) is 5.75 Å². The molecule has 3 atom stereocenters. The molecule has 18 heavy (non-hydrogen) atoms. The molecule has 0 saturated carbocycles. The molecule has 1 aromatic carbocycles. The Morgan fingerprint density at radius 1 is 1.33 bits per heavy atom. The first kappa shape index (κ1) is 13.4. The Balaban J connectivity index is 2.32.